The summed E-state index contributed by atoms with van der Waals surface area (Å²) in [5.41, 5.74) is 1.07. The lowest BCUT2D eigenvalue weighted by Crippen LogP contribution is -2.25. The van der Waals surface area contributed by atoms with Crippen LogP contribution in [0.2, 0.25) is 0 Å². The van der Waals surface area contributed by atoms with Crippen LogP contribution in [-0.2, 0) is 4.79 Å². The summed E-state index contributed by atoms with van der Waals surface area (Å²) in [6, 6.07) is 6.57. The quantitative estimate of drug-likeness (QED) is 0.559. The number of carbonyl (C=O) groups excluding carboxylic acids is 3. The smallest absolute Gasteiger partial charge is 0.282 e. The van der Waals surface area contributed by atoms with Crippen molar-refractivity contribution in [2.45, 2.75) is 0 Å². The van der Waals surface area contributed by atoms with Crippen LogP contribution in [0.1, 0.15) is 20.7 Å². The van der Waals surface area contributed by atoms with Crippen molar-refractivity contribution >= 4 is 23.3 Å². The van der Waals surface area contributed by atoms with Gasteiger partial charge in [0, 0.05) is 0 Å². The number of rotatable bonds is 1. The summed E-state index contributed by atoms with van der Waals surface area (Å²) >= 11 is 0. The van der Waals surface area contributed by atoms with Crippen LogP contribution in [0.5, 0.6) is 0 Å². The van der Waals surface area contributed by atoms with Gasteiger partial charge in [-0.15, -0.1) is 0 Å². The molecule has 5 heteroatoms. The largest absolute Gasteiger partial charge is 0.290 e. The number of allylic oxidation sites excluding steroid dienone is 4. The molecule has 0 saturated heterocycles. The average molecular weight is 252 g/mol. The summed E-state index contributed by atoms with van der Waals surface area (Å²) < 4.78 is 0. The number of imide groups is 1. The van der Waals surface area contributed by atoms with Crippen LogP contribution in [-0.4, -0.2) is 28.3 Å². The Morgan fingerprint density at radius 2 is 1.32 bits per heavy atom. The van der Waals surface area contributed by atoms with Crippen molar-refractivity contribution in [1.82, 2.24) is 5.01 Å². The number of ketones is 1. The summed E-state index contributed by atoms with van der Waals surface area (Å²) in [6.45, 7) is 0. The number of carbonyl (C=O) groups is 3. The van der Waals surface area contributed by atoms with E-state index in [-0.39, 0.29) is 5.78 Å². The molecule has 3 rings (SSSR count). The van der Waals surface area contributed by atoms with Crippen molar-refractivity contribution in [2.75, 3.05) is 0 Å². The van der Waals surface area contributed by atoms with Crippen LogP contribution in [0.25, 0.3) is 0 Å². The van der Waals surface area contributed by atoms with Gasteiger partial charge in [0.2, 0.25) is 0 Å². The molecule has 0 radical (unpaired) electrons. The van der Waals surface area contributed by atoms with E-state index in [1.807, 2.05) is 0 Å². The summed E-state index contributed by atoms with van der Waals surface area (Å²) in [7, 11) is 0. The molecule has 2 aliphatic rings. The van der Waals surface area contributed by atoms with Gasteiger partial charge in [0.1, 0.15) is 0 Å². The van der Waals surface area contributed by atoms with Crippen molar-refractivity contribution in [3.63, 3.8) is 0 Å². The zero-order chi connectivity index (χ0) is 13.4. The topological polar surface area (TPSA) is 66.8 Å². The van der Waals surface area contributed by atoms with E-state index in [1.54, 1.807) is 24.3 Å². The van der Waals surface area contributed by atoms with Gasteiger partial charge in [0.25, 0.3) is 11.8 Å². The molecule has 0 spiro atoms. The molecule has 1 aliphatic heterocycles. The molecular formula is C14H8N2O3. The lowest BCUT2D eigenvalue weighted by atomic mass is 10.1. The summed E-state index contributed by atoms with van der Waals surface area (Å²) in [5.74, 6) is -1.06. The fourth-order valence-corrected chi connectivity index (χ4v) is 1.90. The van der Waals surface area contributed by atoms with Gasteiger partial charge in [-0.05, 0) is 36.4 Å². The molecule has 0 fully saturated rings. The van der Waals surface area contributed by atoms with E-state index in [9.17, 15) is 14.4 Å². The van der Waals surface area contributed by atoms with Gasteiger partial charge in [-0.3, -0.25) is 14.4 Å². The number of amides is 2. The molecule has 0 N–H and O–H groups in total. The molecule has 0 bridgehead atoms. The van der Waals surface area contributed by atoms with E-state index in [2.05, 4.69) is 5.10 Å². The van der Waals surface area contributed by atoms with E-state index >= 15 is 0 Å². The number of nitrogens with zero attached hydrogens (tertiary/aromatic N) is 2. The number of hydrogen-bond donors (Lipinski definition) is 0. The third-order valence-corrected chi connectivity index (χ3v) is 2.82. The van der Waals surface area contributed by atoms with Crippen LogP contribution in [0, 0.1) is 0 Å². The maximum absolute atomic E-state index is 12.0. The third-order valence-electron chi connectivity index (χ3n) is 2.82. The van der Waals surface area contributed by atoms with Gasteiger partial charge in [-0.2, -0.15) is 10.1 Å². The number of hydrazone groups is 1. The van der Waals surface area contributed by atoms with Gasteiger partial charge < -0.3 is 0 Å². The molecule has 0 atom stereocenters. The fourth-order valence-electron chi connectivity index (χ4n) is 1.90. The lowest BCUT2D eigenvalue weighted by molar-refractivity contribution is -0.110. The molecule has 1 aliphatic carbocycles. The molecule has 1 heterocycles. The second-order valence-electron chi connectivity index (χ2n) is 4.06. The first-order valence-electron chi connectivity index (χ1n) is 5.63. The Labute approximate surface area is 108 Å². The Hall–Kier alpha value is -2.82. The van der Waals surface area contributed by atoms with E-state index in [4.69, 9.17) is 0 Å². The van der Waals surface area contributed by atoms with Gasteiger partial charge >= 0.3 is 0 Å². The predicted molar refractivity (Wildman–Crippen MR) is 67.7 cm³/mol. The first-order chi connectivity index (χ1) is 9.16. The van der Waals surface area contributed by atoms with Gasteiger partial charge in [0.05, 0.1) is 16.8 Å². The molecule has 1 aromatic rings. The second kappa shape index (κ2) is 4.13. The first kappa shape index (κ1) is 11.3. The van der Waals surface area contributed by atoms with Crippen molar-refractivity contribution < 1.29 is 14.4 Å². The van der Waals surface area contributed by atoms with Gasteiger partial charge in [-0.1, -0.05) is 12.1 Å². The highest BCUT2D eigenvalue weighted by atomic mass is 16.2. The Balaban J connectivity index is 1.97. The molecule has 2 amide bonds. The minimum Gasteiger partial charge on any atom is -0.290 e. The highest BCUT2D eigenvalue weighted by molar-refractivity contribution is 6.23. The normalized spacial score (nSPS) is 17.2. The van der Waals surface area contributed by atoms with E-state index in [1.165, 1.54) is 24.3 Å². The molecule has 1 aromatic carbocycles. The maximum Gasteiger partial charge on any atom is 0.282 e. The van der Waals surface area contributed by atoms with Crippen molar-refractivity contribution in [1.29, 1.82) is 0 Å². The Morgan fingerprint density at radius 1 is 0.789 bits per heavy atom. The minimum absolute atomic E-state index is 0.152. The van der Waals surface area contributed by atoms with Crippen molar-refractivity contribution in [3.05, 3.63) is 59.7 Å². The number of fused-ring (bicyclic) bond motifs is 1. The van der Waals surface area contributed by atoms with E-state index < -0.39 is 11.8 Å². The van der Waals surface area contributed by atoms with Gasteiger partial charge in [0.15, 0.2) is 5.78 Å². The Morgan fingerprint density at radius 3 is 1.84 bits per heavy atom. The third kappa shape index (κ3) is 1.81. The number of benzene rings is 1. The Kier molecular flexibility index (Phi) is 2.45. The molecule has 5 nitrogen and oxygen atoms in total. The SMILES string of the molecule is O=C1C=CC(=NN2C(=O)c3ccccc3C2=O)C=C1. The van der Waals surface area contributed by atoms with Crippen LogP contribution in [0.4, 0.5) is 0 Å². The number of hydrogen-bond acceptors (Lipinski definition) is 4. The summed E-state index contributed by atoms with van der Waals surface area (Å²) in [5, 5.41) is 4.80. The highest BCUT2D eigenvalue weighted by Crippen LogP contribution is 2.22. The van der Waals surface area contributed by atoms with E-state index in [0.29, 0.717) is 16.8 Å². The summed E-state index contributed by atoms with van der Waals surface area (Å²) in [6.07, 6.45) is 5.59. The summed E-state index contributed by atoms with van der Waals surface area (Å²) in [4.78, 5) is 35.0. The zero-order valence-corrected chi connectivity index (χ0v) is 9.74. The van der Waals surface area contributed by atoms with Crippen LogP contribution in [0.15, 0.2) is 53.7 Å². The van der Waals surface area contributed by atoms with Crippen molar-refractivity contribution in [2.24, 2.45) is 5.10 Å². The minimum atomic E-state index is -0.452. The van der Waals surface area contributed by atoms with Gasteiger partial charge in [-0.25, -0.2) is 0 Å². The maximum atomic E-state index is 12.0. The molecule has 0 saturated carbocycles. The fraction of sp³-hybridized carbons (Fsp3) is 0. The van der Waals surface area contributed by atoms with E-state index in [0.717, 1.165) is 5.01 Å². The van der Waals surface area contributed by atoms with Crippen LogP contribution in [0.3, 0.4) is 0 Å². The van der Waals surface area contributed by atoms with Crippen LogP contribution < -0.4 is 0 Å². The first-order valence-corrected chi connectivity index (χ1v) is 5.63. The molecule has 0 aromatic heterocycles. The second-order valence-corrected chi connectivity index (χ2v) is 4.06. The molecule has 0 unspecified atom stereocenters. The zero-order valence-electron chi connectivity index (χ0n) is 9.74. The monoisotopic (exact) mass is 252 g/mol. The Bertz CT molecular complexity index is 645. The van der Waals surface area contributed by atoms with Crippen molar-refractivity contribution in [3.8, 4) is 0 Å². The average Bonchev–Trinajstić information content (AvgIpc) is 2.67. The molecular weight excluding hydrogens is 244 g/mol. The molecule has 19 heavy (non-hydrogen) atoms. The lowest BCUT2D eigenvalue weighted by Gasteiger charge is -2.08. The predicted octanol–water partition coefficient (Wildman–Crippen LogP) is 1.33. The highest BCUT2D eigenvalue weighted by Gasteiger charge is 2.35. The van der Waals surface area contributed by atoms with Crippen LogP contribution >= 0.6 is 0 Å². The molecule has 92 valence electrons. The standard InChI is InChI=1S/C14H8N2O3/c17-10-7-5-9(6-8-10)15-16-13(18)11-3-1-2-4-12(11)14(16)19/h1-8H.